The highest BCUT2D eigenvalue weighted by molar-refractivity contribution is 5.86. The van der Waals surface area contributed by atoms with Gasteiger partial charge in [0.25, 0.3) is 0 Å². The van der Waals surface area contributed by atoms with E-state index in [0.717, 1.165) is 12.1 Å². The number of fused-ring (bicyclic) bond motifs is 1. The fourth-order valence-electron chi connectivity index (χ4n) is 4.75. The molecule has 15 nitrogen and oxygen atoms in total. The third-order valence-electron chi connectivity index (χ3n) is 7.12. The Morgan fingerprint density at radius 2 is 1.19 bits per heavy atom. The highest BCUT2D eigenvalue weighted by atomic mass is 16.7. The van der Waals surface area contributed by atoms with Gasteiger partial charge < -0.3 is 69.3 Å². The second kappa shape index (κ2) is 12.1. The fourth-order valence-corrected chi connectivity index (χ4v) is 4.75. The summed E-state index contributed by atoms with van der Waals surface area (Å²) in [6.07, 6.45) is -15.0. The Labute approximate surface area is 236 Å². The average molecular weight is 595 g/mol. The largest absolute Gasteiger partial charge is 0.507 e. The van der Waals surface area contributed by atoms with E-state index < -0.39 is 85.8 Å². The zero-order chi connectivity index (χ0) is 30.3. The van der Waals surface area contributed by atoms with Crippen molar-refractivity contribution >= 4 is 11.0 Å². The van der Waals surface area contributed by atoms with Gasteiger partial charge in [-0.05, 0) is 24.3 Å². The Morgan fingerprint density at radius 3 is 1.71 bits per heavy atom. The number of rotatable bonds is 7. The molecule has 2 fully saturated rings. The van der Waals surface area contributed by atoms with E-state index in [9.17, 15) is 50.8 Å². The van der Waals surface area contributed by atoms with Crippen molar-refractivity contribution in [2.75, 3.05) is 13.2 Å². The Kier molecular flexibility index (Phi) is 8.68. The molecule has 9 N–H and O–H groups in total. The number of ether oxygens (including phenoxy) is 4. The summed E-state index contributed by atoms with van der Waals surface area (Å²) in [5.41, 5.74) is -0.293. The van der Waals surface area contributed by atoms with Gasteiger partial charge in [0.05, 0.1) is 13.2 Å². The van der Waals surface area contributed by atoms with Crippen LogP contribution in [-0.2, 0) is 9.47 Å². The van der Waals surface area contributed by atoms with Crippen LogP contribution in [0.2, 0.25) is 0 Å². The minimum absolute atomic E-state index is 0.0799. The number of hydrogen-bond acceptors (Lipinski definition) is 15. The zero-order valence-corrected chi connectivity index (χ0v) is 21.7. The van der Waals surface area contributed by atoms with Gasteiger partial charge in [0.15, 0.2) is 5.43 Å². The molecule has 0 bridgehead atoms. The third-order valence-corrected chi connectivity index (χ3v) is 7.12. The molecule has 0 radical (unpaired) electrons. The summed E-state index contributed by atoms with van der Waals surface area (Å²) in [6.45, 7) is -1.28. The minimum atomic E-state index is -1.71. The van der Waals surface area contributed by atoms with Crippen LogP contribution in [0.15, 0.2) is 51.7 Å². The Hall–Kier alpha value is -3.35. The average Bonchev–Trinajstić information content (AvgIpc) is 2.97. The van der Waals surface area contributed by atoms with Gasteiger partial charge in [0.2, 0.25) is 12.6 Å². The number of aromatic hydroxyl groups is 1. The van der Waals surface area contributed by atoms with Gasteiger partial charge >= 0.3 is 0 Å². The van der Waals surface area contributed by atoms with Crippen LogP contribution in [0.1, 0.15) is 0 Å². The molecule has 15 heteroatoms. The molecule has 6 unspecified atom stereocenters. The first-order valence-corrected chi connectivity index (χ1v) is 12.9. The van der Waals surface area contributed by atoms with Crippen molar-refractivity contribution in [3.63, 3.8) is 0 Å². The summed E-state index contributed by atoms with van der Waals surface area (Å²) in [4.78, 5) is 12.8. The van der Waals surface area contributed by atoms with E-state index >= 15 is 0 Å². The van der Waals surface area contributed by atoms with Gasteiger partial charge in [-0.15, -0.1) is 0 Å². The van der Waals surface area contributed by atoms with Crippen molar-refractivity contribution in [2.45, 2.75) is 61.4 Å². The minimum Gasteiger partial charge on any atom is -0.507 e. The van der Waals surface area contributed by atoms with Crippen LogP contribution in [0.25, 0.3) is 22.3 Å². The summed E-state index contributed by atoms with van der Waals surface area (Å²) >= 11 is 0. The maximum atomic E-state index is 12.8. The predicted molar refractivity (Wildman–Crippen MR) is 138 cm³/mol. The van der Waals surface area contributed by atoms with Crippen molar-refractivity contribution in [1.29, 1.82) is 0 Å². The quantitative estimate of drug-likeness (QED) is 0.137. The van der Waals surface area contributed by atoms with E-state index in [1.807, 2.05) is 0 Å². The molecule has 2 aromatic carbocycles. The highest BCUT2D eigenvalue weighted by Gasteiger charge is 2.45. The summed E-state index contributed by atoms with van der Waals surface area (Å²) in [7, 11) is 0. The molecule has 2 aliphatic rings. The smallest absolute Gasteiger partial charge is 0.229 e. The first-order chi connectivity index (χ1) is 20.0. The van der Waals surface area contributed by atoms with Crippen LogP contribution in [0.4, 0.5) is 0 Å². The number of aliphatic hydroxyl groups is 8. The lowest BCUT2D eigenvalue weighted by molar-refractivity contribution is -0.277. The number of aliphatic hydroxyl groups excluding tert-OH is 8. The Bertz CT molecular complexity index is 1440. The maximum Gasteiger partial charge on any atom is 0.229 e. The number of phenolic OH excluding ortho intramolecular Hbond substituents is 1. The number of phenols is 1. The molecule has 3 heterocycles. The molecule has 3 aromatic rings. The SMILES string of the molecule is O=c1cc(-c2ccc(O[C@@H]3OC(CO)[C@@H](O)C(O)C3O)cc2)oc2cc(O[C@@H]3OC(CO)[C@@H](O)C(O)C3O)cc(O)c12. The normalized spacial score (nSPS) is 33.4. The van der Waals surface area contributed by atoms with Crippen LogP contribution in [0.5, 0.6) is 17.2 Å². The van der Waals surface area contributed by atoms with Gasteiger partial charge in [-0.1, -0.05) is 0 Å². The van der Waals surface area contributed by atoms with E-state index in [1.54, 1.807) is 0 Å². The van der Waals surface area contributed by atoms with Crippen molar-refractivity contribution < 1.29 is 69.3 Å². The molecule has 228 valence electrons. The first-order valence-electron chi connectivity index (χ1n) is 12.9. The van der Waals surface area contributed by atoms with E-state index in [2.05, 4.69) is 0 Å². The lowest BCUT2D eigenvalue weighted by Crippen LogP contribution is -2.60. The predicted octanol–water partition coefficient (Wildman–Crippen LogP) is -2.48. The van der Waals surface area contributed by atoms with E-state index in [0.29, 0.717) is 5.56 Å². The monoisotopic (exact) mass is 594 g/mol. The molecule has 42 heavy (non-hydrogen) atoms. The molecule has 0 saturated carbocycles. The standard InChI is InChI=1S/C27H30O15/c28-8-17-20(32)22(34)24(36)26(41-17)38-11-3-1-10(2-4-11)15-7-14(31)19-13(30)5-12(6-16(19)40-15)39-27-25(37)23(35)21(33)18(9-29)42-27/h1-7,17-18,20-30,32-37H,8-9H2/t17?,18?,20-,21-,22?,23?,24?,25?,26-,27-/m1/s1. The lowest BCUT2D eigenvalue weighted by Gasteiger charge is -2.39. The summed E-state index contributed by atoms with van der Waals surface area (Å²) in [5.74, 6) is -0.362. The molecule has 1 aromatic heterocycles. The summed E-state index contributed by atoms with van der Waals surface area (Å²) in [6, 6.07) is 9.40. The van der Waals surface area contributed by atoms with Crippen LogP contribution in [0.3, 0.4) is 0 Å². The highest BCUT2D eigenvalue weighted by Crippen LogP contribution is 2.34. The van der Waals surface area contributed by atoms with Crippen LogP contribution in [0, 0.1) is 0 Å². The van der Waals surface area contributed by atoms with E-state index in [1.165, 1.54) is 30.3 Å². The summed E-state index contributed by atoms with van der Waals surface area (Å²) in [5, 5.41) is 89.3. The van der Waals surface area contributed by atoms with Gasteiger partial charge in [-0.3, -0.25) is 4.79 Å². The maximum absolute atomic E-state index is 12.8. The molecule has 10 atom stereocenters. The Balaban J connectivity index is 1.37. The molecule has 0 amide bonds. The van der Waals surface area contributed by atoms with Gasteiger partial charge in [0, 0.05) is 23.8 Å². The van der Waals surface area contributed by atoms with Crippen LogP contribution in [-0.4, -0.2) is 121 Å². The van der Waals surface area contributed by atoms with Crippen molar-refractivity contribution in [3.8, 4) is 28.6 Å². The first kappa shape index (κ1) is 30.1. The molecule has 5 rings (SSSR count). The van der Waals surface area contributed by atoms with Crippen molar-refractivity contribution in [1.82, 2.24) is 0 Å². The van der Waals surface area contributed by atoms with Gasteiger partial charge in [-0.25, -0.2) is 0 Å². The van der Waals surface area contributed by atoms with Crippen molar-refractivity contribution in [2.24, 2.45) is 0 Å². The van der Waals surface area contributed by atoms with Crippen molar-refractivity contribution in [3.05, 3.63) is 52.7 Å². The third kappa shape index (κ3) is 5.67. The van der Waals surface area contributed by atoms with Gasteiger partial charge in [-0.2, -0.15) is 0 Å². The molecule has 0 aliphatic carbocycles. The van der Waals surface area contributed by atoms with E-state index in [-0.39, 0.29) is 28.2 Å². The van der Waals surface area contributed by atoms with E-state index in [4.69, 9.17) is 23.4 Å². The second-order valence-electron chi connectivity index (χ2n) is 9.95. The molecule has 0 spiro atoms. The molecule has 2 saturated heterocycles. The number of hydrogen-bond donors (Lipinski definition) is 9. The van der Waals surface area contributed by atoms with Gasteiger partial charge in [0.1, 0.15) is 82.8 Å². The zero-order valence-electron chi connectivity index (χ0n) is 21.7. The lowest BCUT2D eigenvalue weighted by atomic mass is 9.99. The molecular weight excluding hydrogens is 564 g/mol. The molecular formula is C27H30O15. The van der Waals surface area contributed by atoms with Crippen LogP contribution >= 0.6 is 0 Å². The fraction of sp³-hybridized carbons (Fsp3) is 0.444. The molecule has 2 aliphatic heterocycles. The second-order valence-corrected chi connectivity index (χ2v) is 9.95. The number of benzene rings is 2. The summed E-state index contributed by atoms with van der Waals surface area (Å²) < 4.78 is 27.6. The van der Waals surface area contributed by atoms with Crippen LogP contribution < -0.4 is 14.9 Å². The topological polar surface area (TPSA) is 249 Å². The Morgan fingerprint density at radius 1 is 0.667 bits per heavy atom.